The van der Waals surface area contributed by atoms with Crippen LogP contribution in [0.3, 0.4) is 0 Å². The zero-order chi connectivity index (χ0) is 17.6. The van der Waals surface area contributed by atoms with Gasteiger partial charge in [-0.3, -0.25) is 4.79 Å². The van der Waals surface area contributed by atoms with Crippen molar-refractivity contribution in [3.63, 3.8) is 0 Å². The van der Waals surface area contributed by atoms with Crippen LogP contribution >= 0.6 is 0 Å². The molecule has 0 bridgehead atoms. The Morgan fingerprint density at radius 3 is 2.56 bits per heavy atom. The summed E-state index contributed by atoms with van der Waals surface area (Å²) in [4.78, 5) is 12.4. The Kier molecular flexibility index (Phi) is 5.56. The van der Waals surface area contributed by atoms with Gasteiger partial charge >= 0.3 is 0 Å². The van der Waals surface area contributed by atoms with Crippen molar-refractivity contribution in [1.29, 1.82) is 0 Å². The highest BCUT2D eigenvalue weighted by atomic mass is 16.6. The normalized spacial score (nSPS) is 14.0. The first-order valence-electron chi connectivity index (χ1n) is 8.50. The maximum absolute atomic E-state index is 12.4. The monoisotopic (exact) mass is 341 g/mol. The molecule has 0 fully saturated rings. The number of hydrogen-bond donors (Lipinski definition) is 2. The van der Waals surface area contributed by atoms with Crippen molar-refractivity contribution in [2.24, 2.45) is 5.92 Å². The Labute approximate surface area is 147 Å². The minimum absolute atomic E-state index is 0.0231. The molecule has 1 aliphatic heterocycles. The van der Waals surface area contributed by atoms with Gasteiger partial charge in [0.1, 0.15) is 13.2 Å². The number of fused-ring (bicyclic) bond motifs is 1. The van der Waals surface area contributed by atoms with Crippen LogP contribution in [0.1, 0.15) is 21.5 Å². The van der Waals surface area contributed by atoms with E-state index in [4.69, 9.17) is 9.47 Å². The molecule has 1 atom stereocenters. The van der Waals surface area contributed by atoms with Gasteiger partial charge in [0.25, 0.3) is 5.91 Å². The Hall–Kier alpha value is -2.53. The van der Waals surface area contributed by atoms with Gasteiger partial charge in [0.05, 0.1) is 0 Å². The van der Waals surface area contributed by atoms with E-state index in [1.807, 2.05) is 6.92 Å². The Bertz CT molecular complexity index is 727. The molecule has 2 aromatic rings. The lowest BCUT2D eigenvalue weighted by molar-refractivity contribution is 0.0938. The van der Waals surface area contributed by atoms with E-state index in [1.54, 1.807) is 18.2 Å². The average Bonchev–Trinajstić information content (AvgIpc) is 2.66. The molecule has 5 nitrogen and oxygen atoms in total. The molecule has 1 amide bonds. The first-order valence-corrected chi connectivity index (χ1v) is 8.50. The molecular weight excluding hydrogens is 318 g/mol. The number of aliphatic hydroxyl groups excluding tert-OH is 1. The van der Waals surface area contributed by atoms with Crippen molar-refractivity contribution in [3.05, 3.63) is 59.2 Å². The summed E-state index contributed by atoms with van der Waals surface area (Å²) in [5.74, 6) is 1.05. The molecule has 1 aliphatic rings. The van der Waals surface area contributed by atoms with Crippen LogP contribution in [-0.4, -0.2) is 37.4 Å². The van der Waals surface area contributed by atoms with Crippen LogP contribution in [0.25, 0.3) is 0 Å². The second kappa shape index (κ2) is 8.03. The van der Waals surface area contributed by atoms with Crippen LogP contribution in [0, 0.1) is 12.8 Å². The van der Waals surface area contributed by atoms with Crippen molar-refractivity contribution in [3.8, 4) is 11.5 Å². The fourth-order valence-electron chi connectivity index (χ4n) is 2.78. The maximum atomic E-state index is 12.4. The van der Waals surface area contributed by atoms with Gasteiger partial charge in [0.2, 0.25) is 0 Å². The molecular formula is C20H23NO4. The summed E-state index contributed by atoms with van der Waals surface area (Å²) in [7, 11) is 0. The van der Waals surface area contributed by atoms with Gasteiger partial charge in [-0.25, -0.2) is 0 Å². The summed E-state index contributed by atoms with van der Waals surface area (Å²) in [6.45, 7) is 3.49. The number of hydrogen-bond acceptors (Lipinski definition) is 4. The number of aryl methyl sites for hydroxylation is 1. The van der Waals surface area contributed by atoms with Crippen LogP contribution in [0.5, 0.6) is 11.5 Å². The van der Waals surface area contributed by atoms with E-state index in [2.05, 4.69) is 29.6 Å². The van der Waals surface area contributed by atoms with Gasteiger partial charge in [0, 0.05) is 24.6 Å². The number of ether oxygens (including phenoxy) is 2. The molecule has 2 aromatic carbocycles. The number of aliphatic hydroxyl groups is 1. The third-order valence-corrected chi connectivity index (χ3v) is 4.26. The van der Waals surface area contributed by atoms with Crippen LogP contribution in [-0.2, 0) is 6.42 Å². The lowest BCUT2D eigenvalue weighted by Gasteiger charge is -2.19. The minimum Gasteiger partial charge on any atom is -0.486 e. The molecule has 5 heteroatoms. The molecule has 0 aliphatic carbocycles. The second-order valence-electron chi connectivity index (χ2n) is 6.31. The molecule has 1 unspecified atom stereocenters. The smallest absolute Gasteiger partial charge is 0.251 e. The lowest BCUT2D eigenvalue weighted by Crippen LogP contribution is -2.32. The highest BCUT2D eigenvalue weighted by Gasteiger charge is 2.16. The fraction of sp³-hybridized carbons (Fsp3) is 0.350. The number of rotatable bonds is 6. The number of carbonyl (C=O) groups excluding carboxylic acids is 1. The molecule has 0 saturated carbocycles. The van der Waals surface area contributed by atoms with Gasteiger partial charge < -0.3 is 19.9 Å². The van der Waals surface area contributed by atoms with E-state index in [-0.39, 0.29) is 18.4 Å². The van der Waals surface area contributed by atoms with E-state index in [0.29, 0.717) is 36.8 Å². The van der Waals surface area contributed by atoms with E-state index < -0.39 is 0 Å². The highest BCUT2D eigenvalue weighted by Crippen LogP contribution is 2.30. The Balaban J connectivity index is 1.57. The molecule has 1 heterocycles. The molecule has 2 N–H and O–H groups in total. The summed E-state index contributed by atoms with van der Waals surface area (Å²) >= 11 is 0. The molecule has 25 heavy (non-hydrogen) atoms. The Morgan fingerprint density at radius 1 is 1.12 bits per heavy atom. The van der Waals surface area contributed by atoms with E-state index in [0.717, 1.165) is 12.0 Å². The van der Waals surface area contributed by atoms with Crippen LogP contribution < -0.4 is 14.8 Å². The number of amides is 1. The fourth-order valence-corrected chi connectivity index (χ4v) is 2.78. The van der Waals surface area contributed by atoms with Gasteiger partial charge in [-0.2, -0.15) is 0 Å². The first kappa shape index (κ1) is 17.3. The van der Waals surface area contributed by atoms with Crippen molar-refractivity contribution >= 4 is 5.91 Å². The predicted octanol–water partition coefficient (Wildman–Crippen LogP) is 2.35. The topological polar surface area (TPSA) is 67.8 Å². The summed E-state index contributed by atoms with van der Waals surface area (Å²) in [5, 5.41) is 12.5. The van der Waals surface area contributed by atoms with Crippen LogP contribution in [0.4, 0.5) is 0 Å². The zero-order valence-corrected chi connectivity index (χ0v) is 14.3. The molecule has 0 aromatic heterocycles. The van der Waals surface area contributed by atoms with Crippen molar-refractivity contribution in [2.75, 3.05) is 26.4 Å². The maximum Gasteiger partial charge on any atom is 0.251 e. The van der Waals surface area contributed by atoms with Crippen molar-refractivity contribution in [1.82, 2.24) is 5.32 Å². The molecule has 132 valence electrons. The second-order valence-corrected chi connectivity index (χ2v) is 6.31. The number of carbonyl (C=O) groups is 1. The first-order chi connectivity index (χ1) is 12.2. The van der Waals surface area contributed by atoms with Gasteiger partial charge in [-0.15, -0.1) is 0 Å². The largest absolute Gasteiger partial charge is 0.486 e. The lowest BCUT2D eigenvalue weighted by atomic mass is 9.99. The SMILES string of the molecule is Cc1ccc(CC(CO)CNC(=O)c2ccc3c(c2)OCCO3)cc1. The molecule has 0 saturated heterocycles. The molecule has 0 spiro atoms. The van der Waals surface area contributed by atoms with E-state index >= 15 is 0 Å². The van der Waals surface area contributed by atoms with Crippen molar-refractivity contribution < 1.29 is 19.4 Å². The average molecular weight is 341 g/mol. The standard InChI is InChI=1S/C20H23NO4/c1-14-2-4-15(5-3-14)10-16(13-22)12-21-20(23)17-6-7-18-19(11-17)25-9-8-24-18/h2-7,11,16,22H,8-10,12-13H2,1H3,(H,21,23). The van der Waals surface area contributed by atoms with Crippen LogP contribution in [0.15, 0.2) is 42.5 Å². The summed E-state index contributed by atoms with van der Waals surface area (Å²) in [5.41, 5.74) is 2.88. The third-order valence-electron chi connectivity index (χ3n) is 4.26. The van der Waals surface area contributed by atoms with Crippen LogP contribution in [0.2, 0.25) is 0 Å². The molecule has 0 radical (unpaired) electrons. The highest BCUT2D eigenvalue weighted by molar-refractivity contribution is 5.94. The quantitative estimate of drug-likeness (QED) is 0.846. The van der Waals surface area contributed by atoms with Gasteiger partial charge in [-0.1, -0.05) is 29.8 Å². The molecule has 3 rings (SSSR count). The van der Waals surface area contributed by atoms with Crippen molar-refractivity contribution in [2.45, 2.75) is 13.3 Å². The van der Waals surface area contributed by atoms with Gasteiger partial charge in [0.15, 0.2) is 11.5 Å². The van der Waals surface area contributed by atoms with Gasteiger partial charge in [-0.05, 0) is 37.1 Å². The number of benzene rings is 2. The minimum atomic E-state index is -0.181. The Morgan fingerprint density at radius 2 is 1.84 bits per heavy atom. The summed E-state index contributed by atoms with van der Waals surface area (Å²) in [6, 6.07) is 13.4. The predicted molar refractivity (Wildman–Crippen MR) is 95.2 cm³/mol. The third kappa shape index (κ3) is 4.51. The number of nitrogens with one attached hydrogen (secondary N) is 1. The zero-order valence-electron chi connectivity index (χ0n) is 14.3. The summed E-state index contributed by atoms with van der Waals surface area (Å²) in [6.07, 6.45) is 0.720. The van der Waals surface area contributed by atoms with E-state index in [1.165, 1.54) is 5.56 Å². The van der Waals surface area contributed by atoms with E-state index in [9.17, 15) is 9.90 Å². The summed E-state index contributed by atoms with van der Waals surface area (Å²) < 4.78 is 11.0.